The summed E-state index contributed by atoms with van der Waals surface area (Å²) in [7, 11) is 0. The van der Waals surface area contributed by atoms with Gasteiger partial charge in [0.05, 0.1) is 0 Å². The van der Waals surface area contributed by atoms with Crippen molar-refractivity contribution < 1.29 is 4.79 Å². The summed E-state index contributed by atoms with van der Waals surface area (Å²) < 4.78 is 0.447. The molecule has 2 aromatic rings. The van der Waals surface area contributed by atoms with Crippen LogP contribution in [0.1, 0.15) is 64.4 Å². The molecule has 3 saturated carbocycles. The molecule has 0 spiro atoms. The fourth-order valence-corrected chi connectivity index (χ4v) is 8.98. The molecule has 3 aliphatic carbocycles. The third kappa shape index (κ3) is 3.06. The van der Waals surface area contributed by atoms with Crippen molar-refractivity contribution in [3.63, 3.8) is 0 Å². The molecule has 0 saturated heterocycles. The SMILES string of the molecule is C[C@@]12CCC[C@H]1[C@@H]1CC[C@@H]3[C@](C)(C=CC(=O)[N+]3(Cc3ccccc3)c3ccccc3)[C@H]1CC2. The molecule has 0 bridgehead atoms. The highest BCUT2D eigenvalue weighted by Crippen LogP contribution is 2.65. The number of para-hydroxylation sites is 1. The third-order valence-corrected chi connectivity index (χ3v) is 10.5. The van der Waals surface area contributed by atoms with Crippen LogP contribution < -0.4 is 4.48 Å². The Hall–Kier alpha value is -2.19. The van der Waals surface area contributed by atoms with Crippen molar-refractivity contribution >= 4 is 11.6 Å². The van der Waals surface area contributed by atoms with E-state index in [1.807, 2.05) is 6.08 Å². The minimum absolute atomic E-state index is 0.0609. The molecule has 0 aromatic heterocycles. The predicted octanol–water partition coefficient (Wildman–Crippen LogP) is 7.29. The molecule has 0 N–H and O–H groups in total. The van der Waals surface area contributed by atoms with Crippen LogP contribution in [0.3, 0.4) is 0 Å². The Morgan fingerprint density at radius 1 is 0.848 bits per heavy atom. The van der Waals surface area contributed by atoms with Crippen LogP contribution in [0.25, 0.3) is 0 Å². The van der Waals surface area contributed by atoms with E-state index in [1.165, 1.54) is 44.1 Å². The Morgan fingerprint density at radius 2 is 1.58 bits per heavy atom. The van der Waals surface area contributed by atoms with E-state index in [9.17, 15) is 4.79 Å². The Balaban J connectivity index is 1.47. The number of carbonyl (C=O) groups is 1. The van der Waals surface area contributed by atoms with Crippen LogP contribution in [0, 0.1) is 28.6 Å². The molecule has 1 heterocycles. The summed E-state index contributed by atoms with van der Waals surface area (Å²) in [6.07, 6.45) is 13.7. The second-order valence-corrected chi connectivity index (χ2v) is 11.9. The van der Waals surface area contributed by atoms with Crippen molar-refractivity contribution in [1.82, 2.24) is 4.48 Å². The largest absolute Gasteiger partial charge is 0.343 e. The zero-order valence-electron chi connectivity index (χ0n) is 20.2. The Kier molecular flexibility index (Phi) is 4.96. The molecule has 1 unspecified atom stereocenters. The van der Waals surface area contributed by atoms with Crippen LogP contribution in [0.2, 0.25) is 0 Å². The summed E-state index contributed by atoms with van der Waals surface area (Å²) >= 11 is 0. The molecule has 4 aliphatic rings. The Morgan fingerprint density at radius 3 is 2.33 bits per heavy atom. The lowest BCUT2D eigenvalue weighted by Gasteiger charge is -2.61. The predicted molar refractivity (Wildman–Crippen MR) is 135 cm³/mol. The molecule has 1 aliphatic heterocycles. The van der Waals surface area contributed by atoms with Gasteiger partial charge in [0, 0.05) is 23.5 Å². The van der Waals surface area contributed by atoms with E-state index in [4.69, 9.17) is 0 Å². The molecule has 2 nitrogen and oxygen atoms in total. The van der Waals surface area contributed by atoms with E-state index in [1.54, 1.807) is 0 Å². The summed E-state index contributed by atoms with van der Waals surface area (Å²) in [6.45, 7) is 5.83. The number of nitrogens with zero attached hydrogens (tertiary/aromatic N) is 1. The summed E-state index contributed by atoms with van der Waals surface area (Å²) in [5.74, 6) is 2.65. The lowest BCUT2D eigenvalue weighted by atomic mass is 9.48. The fraction of sp³-hybridized carbons (Fsp3) is 0.516. The molecule has 1 amide bonds. The summed E-state index contributed by atoms with van der Waals surface area (Å²) in [5, 5.41) is 0. The highest BCUT2D eigenvalue weighted by molar-refractivity contribution is 5.99. The normalized spacial score (nSPS) is 41.8. The van der Waals surface area contributed by atoms with E-state index in [2.05, 4.69) is 80.6 Å². The quantitative estimate of drug-likeness (QED) is 0.458. The minimum Gasteiger partial charge on any atom is -0.226 e. The Labute approximate surface area is 199 Å². The first-order valence-corrected chi connectivity index (χ1v) is 13.2. The summed E-state index contributed by atoms with van der Waals surface area (Å²) in [5.41, 5.74) is 3.03. The van der Waals surface area contributed by atoms with Crippen molar-refractivity contribution in [3.8, 4) is 0 Å². The first kappa shape index (κ1) is 21.4. The highest BCUT2D eigenvalue weighted by Gasteiger charge is 2.64. The maximum Gasteiger partial charge on any atom is 0.343 e. The van der Waals surface area contributed by atoms with Gasteiger partial charge in [-0.15, -0.1) is 0 Å². The van der Waals surface area contributed by atoms with Gasteiger partial charge in [-0.2, -0.15) is 0 Å². The van der Waals surface area contributed by atoms with Crippen LogP contribution in [0.4, 0.5) is 5.69 Å². The first-order chi connectivity index (χ1) is 16.0. The van der Waals surface area contributed by atoms with Gasteiger partial charge in [-0.25, -0.2) is 9.28 Å². The number of hydrogen-bond donors (Lipinski definition) is 0. The van der Waals surface area contributed by atoms with Crippen molar-refractivity contribution in [2.75, 3.05) is 0 Å². The lowest BCUT2D eigenvalue weighted by Crippen LogP contribution is -2.70. The molecular formula is C31H38NO+. The van der Waals surface area contributed by atoms with E-state index in [-0.39, 0.29) is 11.3 Å². The average Bonchev–Trinajstić information content (AvgIpc) is 3.24. The smallest absolute Gasteiger partial charge is 0.226 e. The molecule has 3 fully saturated rings. The van der Waals surface area contributed by atoms with Crippen LogP contribution in [-0.4, -0.2) is 11.9 Å². The number of amides is 1. The van der Waals surface area contributed by atoms with Gasteiger partial charge in [0.25, 0.3) is 0 Å². The number of fused-ring (bicyclic) bond motifs is 5. The molecule has 0 radical (unpaired) electrons. The van der Waals surface area contributed by atoms with Crippen LogP contribution in [-0.2, 0) is 11.3 Å². The van der Waals surface area contributed by atoms with Gasteiger partial charge in [-0.05, 0) is 67.4 Å². The Bertz CT molecular complexity index is 1060. The van der Waals surface area contributed by atoms with Gasteiger partial charge >= 0.3 is 5.91 Å². The molecule has 2 heteroatoms. The monoisotopic (exact) mass is 440 g/mol. The molecule has 7 atom stereocenters. The zero-order valence-corrected chi connectivity index (χ0v) is 20.2. The molecule has 2 aromatic carbocycles. The fourth-order valence-electron chi connectivity index (χ4n) is 8.98. The summed E-state index contributed by atoms with van der Waals surface area (Å²) in [6, 6.07) is 21.7. The standard InChI is InChI=1S/C31H38NO/c1-30-19-9-14-26(30)25-15-16-28-31(2,27(25)17-20-30)21-18-29(33)32(28,24-12-7-4-8-13-24)22-23-10-5-3-6-11-23/h3-8,10-13,18,21,25-28H,9,14-17,19-20,22H2,1-2H3/q+1/t25-,26-,27-,28+,30-,31+,32?/m0/s1. The first-order valence-electron chi connectivity index (χ1n) is 13.2. The van der Waals surface area contributed by atoms with Gasteiger partial charge in [0.1, 0.15) is 18.3 Å². The average molecular weight is 441 g/mol. The van der Waals surface area contributed by atoms with E-state index in [0.717, 1.165) is 30.5 Å². The van der Waals surface area contributed by atoms with Gasteiger partial charge in [-0.1, -0.05) is 74.9 Å². The van der Waals surface area contributed by atoms with E-state index < -0.39 is 0 Å². The molecule has 33 heavy (non-hydrogen) atoms. The topological polar surface area (TPSA) is 17.1 Å². The van der Waals surface area contributed by atoms with Crippen molar-refractivity contribution in [2.24, 2.45) is 28.6 Å². The van der Waals surface area contributed by atoms with Gasteiger partial charge in [0.2, 0.25) is 0 Å². The number of quaternary nitrogens is 1. The zero-order chi connectivity index (χ0) is 22.7. The van der Waals surface area contributed by atoms with Crippen molar-refractivity contribution in [1.29, 1.82) is 0 Å². The van der Waals surface area contributed by atoms with Gasteiger partial charge in [-0.3, -0.25) is 0 Å². The van der Waals surface area contributed by atoms with Crippen LogP contribution in [0.5, 0.6) is 0 Å². The number of benzene rings is 2. The second-order valence-electron chi connectivity index (χ2n) is 11.9. The van der Waals surface area contributed by atoms with Crippen molar-refractivity contribution in [3.05, 3.63) is 78.4 Å². The van der Waals surface area contributed by atoms with Gasteiger partial charge < -0.3 is 0 Å². The highest BCUT2D eigenvalue weighted by atomic mass is 16.2. The number of hydrogen-bond acceptors (Lipinski definition) is 1. The second kappa shape index (κ2) is 7.67. The maximum atomic E-state index is 14.0. The molecule has 172 valence electrons. The van der Waals surface area contributed by atoms with E-state index in [0.29, 0.717) is 21.9 Å². The van der Waals surface area contributed by atoms with Crippen LogP contribution in [0.15, 0.2) is 72.8 Å². The van der Waals surface area contributed by atoms with Crippen molar-refractivity contribution in [2.45, 2.75) is 71.4 Å². The van der Waals surface area contributed by atoms with Crippen LogP contribution >= 0.6 is 0 Å². The number of rotatable bonds is 3. The minimum atomic E-state index is 0.0609. The molecule has 6 rings (SSSR count). The lowest BCUT2D eigenvalue weighted by molar-refractivity contribution is -0.140. The van der Waals surface area contributed by atoms with E-state index >= 15 is 0 Å². The van der Waals surface area contributed by atoms with Gasteiger partial charge in [0.15, 0.2) is 0 Å². The molecular weight excluding hydrogens is 402 g/mol. The maximum absolute atomic E-state index is 14.0. The summed E-state index contributed by atoms with van der Waals surface area (Å²) in [4.78, 5) is 14.0. The third-order valence-electron chi connectivity index (χ3n) is 10.5. The number of carbonyl (C=O) groups excluding carboxylic acids is 1.